The van der Waals surface area contributed by atoms with Crippen LogP contribution in [0.15, 0.2) is 35.5 Å². The maximum absolute atomic E-state index is 7.89. The molecule has 3 rings (SSSR count). The minimum absolute atomic E-state index is 0.104. The van der Waals surface area contributed by atoms with Gasteiger partial charge in [0.1, 0.15) is 0 Å². The minimum Gasteiger partial charge on any atom is -0.0770 e. The highest BCUT2D eigenvalue weighted by Crippen LogP contribution is 2.44. The van der Waals surface area contributed by atoms with Gasteiger partial charge in [-0.1, -0.05) is 29.9 Å². The van der Waals surface area contributed by atoms with Crippen LogP contribution in [0.2, 0.25) is 0 Å². The van der Waals surface area contributed by atoms with E-state index >= 15 is 0 Å². The molecule has 0 aliphatic heterocycles. The molecule has 0 heteroatoms. The summed E-state index contributed by atoms with van der Waals surface area (Å²) in [6.07, 6.45) is 12.7. The molecule has 0 saturated heterocycles. The molecular weight excluding hydrogens is 144 g/mol. The lowest BCUT2D eigenvalue weighted by molar-refractivity contribution is 0.502. The standard InChI is InChI=1S/C12H14/c1-3-9-7-11-5-2-6-12(11)8-10(9)4-1/h1,3-4,7,10,12H,2,5-6,8H2/i5D. The van der Waals surface area contributed by atoms with Crippen molar-refractivity contribution >= 4 is 0 Å². The summed E-state index contributed by atoms with van der Waals surface area (Å²) in [5, 5.41) is 0. The summed E-state index contributed by atoms with van der Waals surface area (Å²) in [4.78, 5) is 0. The molecule has 0 aromatic carbocycles. The van der Waals surface area contributed by atoms with E-state index < -0.39 is 0 Å². The van der Waals surface area contributed by atoms with Gasteiger partial charge in [-0.15, -0.1) is 0 Å². The van der Waals surface area contributed by atoms with Crippen molar-refractivity contribution in [1.29, 1.82) is 0 Å². The van der Waals surface area contributed by atoms with Gasteiger partial charge in [0.2, 0.25) is 0 Å². The smallest absolute Gasteiger partial charge is 0.0313 e. The molecule has 0 bridgehead atoms. The Morgan fingerprint density at radius 3 is 3.50 bits per heavy atom. The third kappa shape index (κ3) is 0.841. The first-order valence-corrected chi connectivity index (χ1v) is 4.87. The summed E-state index contributed by atoms with van der Waals surface area (Å²) in [6.45, 7) is 0. The predicted octanol–water partition coefficient (Wildman–Crippen LogP) is 3.23. The van der Waals surface area contributed by atoms with Crippen LogP contribution < -0.4 is 0 Å². The van der Waals surface area contributed by atoms with Crippen LogP contribution in [0, 0.1) is 11.8 Å². The van der Waals surface area contributed by atoms with Crippen molar-refractivity contribution < 1.29 is 1.37 Å². The quantitative estimate of drug-likeness (QED) is 0.509. The van der Waals surface area contributed by atoms with Crippen molar-refractivity contribution in [2.45, 2.75) is 25.7 Å². The Balaban J connectivity index is 1.99. The highest BCUT2D eigenvalue weighted by Gasteiger charge is 2.29. The Morgan fingerprint density at radius 2 is 2.50 bits per heavy atom. The second-order valence-electron chi connectivity index (χ2n) is 4.02. The minimum atomic E-state index is 0.104. The Morgan fingerprint density at radius 1 is 1.50 bits per heavy atom. The predicted molar refractivity (Wildman–Crippen MR) is 50.8 cm³/mol. The van der Waals surface area contributed by atoms with Crippen LogP contribution in [-0.2, 0) is 0 Å². The molecule has 62 valence electrons. The Kier molecular flexibility index (Phi) is 1.14. The average Bonchev–Trinajstić information content (AvgIpc) is 2.70. The van der Waals surface area contributed by atoms with Gasteiger partial charge in [-0.05, 0) is 37.2 Å². The monoisotopic (exact) mass is 159 g/mol. The van der Waals surface area contributed by atoms with Crippen LogP contribution in [0.4, 0.5) is 0 Å². The van der Waals surface area contributed by atoms with E-state index in [1.165, 1.54) is 24.0 Å². The van der Waals surface area contributed by atoms with Gasteiger partial charge in [-0.2, -0.15) is 0 Å². The van der Waals surface area contributed by atoms with Crippen LogP contribution in [0.1, 0.15) is 27.0 Å². The molecule has 0 amide bonds. The number of hydrogen-bond donors (Lipinski definition) is 0. The maximum Gasteiger partial charge on any atom is 0.0313 e. The number of fused-ring (bicyclic) bond motifs is 2. The van der Waals surface area contributed by atoms with Gasteiger partial charge >= 0.3 is 0 Å². The van der Waals surface area contributed by atoms with Crippen LogP contribution >= 0.6 is 0 Å². The second-order valence-corrected chi connectivity index (χ2v) is 4.02. The summed E-state index contributed by atoms with van der Waals surface area (Å²) >= 11 is 0. The Hall–Kier alpha value is -0.780. The molecule has 0 N–H and O–H groups in total. The summed E-state index contributed by atoms with van der Waals surface area (Å²) in [6, 6.07) is 0. The molecule has 0 spiro atoms. The topological polar surface area (TPSA) is 0 Å². The fourth-order valence-corrected chi connectivity index (χ4v) is 2.62. The van der Waals surface area contributed by atoms with Gasteiger partial charge in [0.25, 0.3) is 0 Å². The van der Waals surface area contributed by atoms with Crippen LogP contribution in [0.5, 0.6) is 0 Å². The van der Waals surface area contributed by atoms with Crippen molar-refractivity contribution in [2.75, 3.05) is 0 Å². The van der Waals surface area contributed by atoms with Gasteiger partial charge in [0.15, 0.2) is 0 Å². The van der Waals surface area contributed by atoms with E-state index in [0.717, 1.165) is 12.3 Å². The highest BCUT2D eigenvalue weighted by molar-refractivity contribution is 5.41. The molecule has 1 saturated carbocycles. The molecule has 3 unspecified atom stereocenters. The van der Waals surface area contributed by atoms with E-state index in [1.807, 2.05) is 0 Å². The van der Waals surface area contributed by atoms with Crippen LogP contribution in [0.25, 0.3) is 0 Å². The van der Waals surface area contributed by atoms with Gasteiger partial charge in [0.05, 0.1) is 0 Å². The van der Waals surface area contributed by atoms with E-state index in [2.05, 4.69) is 24.3 Å². The molecular formula is C12H14. The first-order valence-electron chi connectivity index (χ1n) is 5.44. The molecule has 1 fully saturated rings. The summed E-state index contributed by atoms with van der Waals surface area (Å²) < 4.78 is 7.89. The summed E-state index contributed by atoms with van der Waals surface area (Å²) in [5.74, 6) is 1.41. The largest absolute Gasteiger partial charge is 0.0770 e. The molecule has 12 heavy (non-hydrogen) atoms. The van der Waals surface area contributed by atoms with Crippen molar-refractivity contribution in [3.05, 3.63) is 35.5 Å². The lowest BCUT2D eigenvalue weighted by Gasteiger charge is -2.23. The molecule has 0 nitrogen and oxygen atoms in total. The second kappa shape index (κ2) is 2.35. The van der Waals surface area contributed by atoms with E-state index in [-0.39, 0.29) is 6.40 Å². The molecule has 0 heterocycles. The molecule has 0 radical (unpaired) electrons. The lowest BCUT2D eigenvalue weighted by atomic mass is 9.81. The third-order valence-electron chi connectivity index (χ3n) is 3.30. The van der Waals surface area contributed by atoms with Gasteiger partial charge in [0, 0.05) is 7.29 Å². The normalized spacial score (nSPS) is 44.7. The fourth-order valence-electron chi connectivity index (χ4n) is 2.62. The lowest BCUT2D eigenvalue weighted by Crippen LogP contribution is -2.11. The highest BCUT2D eigenvalue weighted by atomic mass is 14.3. The van der Waals surface area contributed by atoms with Crippen LogP contribution in [-0.4, -0.2) is 0 Å². The van der Waals surface area contributed by atoms with Gasteiger partial charge in [-0.25, -0.2) is 0 Å². The van der Waals surface area contributed by atoms with E-state index in [0.29, 0.717) is 5.92 Å². The van der Waals surface area contributed by atoms with Crippen molar-refractivity contribution in [2.24, 2.45) is 11.8 Å². The summed E-state index contributed by atoms with van der Waals surface area (Å²) in [7, 11) is 0. The Bertz CT molecular complexity index is 322. The maximum atomic E-state index is 7.89. The van der Waals surface area contributed by atoms with Crippen molar-refractivity contribution in [3.8, 4) is 0 Å². The molecule has 3 aliphatic rings. The van der Waals surface area contributed by atoms with Crippen molar-refractivity contribution in [1.82, 2.24) is 0 Å². The molecule has 3 aliphatic carbocycles. The average molecular weight is 159 g/mol. The van der Waals surface area contributed by atoms with Crippen LogP contribution in [0.3, 0.4) is 0 Å². The van der Waals surface area contributed by atoms with Gasteiger partial charge < -0.3 is 0 Å². The van der Waals surface area contributed by atoms with Gasteiger partial charge in [-0.3, -0.25) is 0 Å². The molecule has 0 aromatic rings. The third-order valence-corrected chi connectivity index (χ3v) is 3.30. The number of hydrogen-bond acceptors (Lipinski definition) is 0. The SMILES string of the molecule is [2H]C1CCC2CC3C=CC=C3C=C12. The Labute approximate surface area is 75.1 Å². The first-order chi connectivity index (χ1) is 6.34. The summed E-state index contributed by atoms with van der Waals surface area (Å²) in [5.41, 5.74) is 2.86. The van der Waals surface area contributed by atoms with Crippen molar-refractivity contribution in [3.63, 3.8) is 0 Å². The molecule has 3 atom stereocenters. The zero-order valence-electron chi connectivity index (χ0n) is 8.16. The fraction of sp³-hybridized carbons (Fsp3) is 0.500. The van der Waals surface area contributed by atoms with E-state index in [9.17, 15) is 0 Å². The number of allylic oxidation sites excluding steroid dienone is 6. The van der Waals surface area contributed by atoms with E-state index in [1.54, 1.807) is 0 Å². The zero-order chi connectivity index (χ0) is 8.84. The molecule has 0 aromatic heterocycles. The first kappa shape index (κ1) is 5.80. The van der Waals surface area contributed by atoms with E-state index in [4.69, 9.17) is 1.37 Å². The number of rotatable bonds is 0. The zero-order valence-corrected chi connectivity index (χ0v) is 7.16.